The zero-order valence-electron chi connectivity index (χ0n) is 16.7. The monoisotopic (exact) mass is 428 g/mol. The fraction of sp³-hybridized carbons (Fsp3) is 0.429. The van der Waals surface area contributed by atoms with Crippen molar-refractivity contribution in [2.24, 2.45) is 0 Å². The number of anilines is 1. The topological polar surface area (TPSA) is 107 Å². The van der Waals surface area contributed by atoms with Crippen molar-refractivity contribution >= 4 is 22.8 Å². The molecular formula is C21H22F2N6O2. The minimum Gasteiger partial charge on any atom is -0.391 e. The summed E-state index contributed by atoms with van der Waals surface area (Å²) in [7, 11) is 0. The molecule has 0 radical (unpaired) electrons. The van der Waals surface area contributed by atoms with Gasteiger partial charge < -0.3 is 15.3 Å². The summed E-state index contributed by atoms with van der Waals surface area (Å²) < 4.78 is 28.2. The number of benzene rings is 1. The van der Waals surface area contributed by atoms with Gasteiger partial charge in [0.15, 0.2) is 11.3 Å². The Morgan fingerprint density at radius 1 is 1.19 bits per heavy atom. The summed E-state index contributed by atoms with van der Waals surface area (Å²) in [6.07, 6.45) is 4.47. The van der Waals surface area contributed by atoms with Crippen LogP contribution in [0.25, 0.3) is 11.0 Å². The summed E-state index contributed by atoms with van der Waals surface area (Å²) in [5.74, 6) is -1.07. The average molecular weight is 428 g/mol. The highest BCUT2D eigenvalue weighted by Crippen LogP contribution is 2.36. The van der Waals surface area contributed by atoms with Crippen LogP contribution in [0.3, 0.4) is 0 Å². The maximum absolute atomic E-state index is 14.4. The van der Waals surface area contributed by atoms with Crippen molar-refractivity contribution in [2.45, 2.75) is 50.3 Å². The van der Waals surface area contributed by atoms with Gasteiger partial charge in [-0.15, -0.1) is 0 Å². The van der Waals surface area contributed by atoms with Crippen LogP contribution in [-0.4, -0.2) is 54.8 Å². The second-order valence-electron chi connectivity index (χ2n) is 8.09. The molecule has 5 rings (SSSR count). The molecule has 1 amide bonds. The van der Waals surface area contributed by atoms with E-state index in [0.717, 1.165) is 31.0 Å². The van der Waals surface area contributed by atoms with Gasteiger partial charge in [-0.1, -0.05) is 0 Å². The number of likely N-dealkylation sites (tertiary alicyclic amines) is 1. The van der Waals surface area contributed by atoms with Gasteiger partial charge in [0.1, 0.15) is 23.8 Å². The molecule has 3 atom stereocenters. The van der Waals surface area contributed by atoms with Crippen LogP contribution in [0.4, 0.5) is 14.6 Å². The molecule has 2 fully saturated rings. The molecule has 2 aromatic heterocycles. The molecule has 0 unspecified atom stereocenters. The first-order chi connectivity index (χ1) is 15.0. The molecule has 162 valence electrons. The summed E-state index contributed by atoms with van der Waals surface area (Å²) in [6, 6.07) is 2.54. The normalized spacial score (nSPS) is 23.6. The maximum Gasteiger partial charge on any atom is 0.275 e. The fourth-order valence-corrected chi connectivity index (χ4v) is 4.65. The SMILES string of the molecule is O=C(c1n[nH]c2ncnc(N[C@@H]3CCC[C@H]3O)c12)N1CCC[C@@H]1c1cc(F)ccc1F. The van der Waals surface area contributed by atoms with Crippen molar-refractivity contribution in [1.29, 1.82) is 0 Å². The van der Waals surface area contributed by atoms with Crippen LogP contribution in [0.2, 0.25) is 0 Å². The number of halogens is 2. The Hall–Kier alpha value is -3.14. The van der Waals surface area contributed by atoms with E-state index in [1.165, 1.54) is 11.2 Å². The van der Waals surface area contributed by atoms with Gasteiger partial charge in [-0.3, -0.25) is 9.89 Å². The lowest BCUT2D eigenvalue weighted by atomic mass is 10.0. The second-order valence-corrected chi connectivity index (χ2v) is 8.09. The van der Waals surface area contributed by atoms with Crippen molar-refractivity contribution in [1.82, 2.24) is 25.1 Å². The lowest BCUT2D eigenvalue weighted by Crippen LogP contribution is -2.32. The van der Waals surface area contributed by atoms with Crippen molar-refractivity contribution in [3.8, 4) is 0 Å². The maximum atomic E-state index is 14.4. The standard InChI is InChI=1S/C21H22F2N6O2/c22-11-6-7-13(23)12(9-11)15-4-2-8-29(15)21(31)18-17-19(24-10-25-20(17)28-27-18)26-14-3-1-5-16(14)30/h6-7,9-10,14-16,30H,1-5,8H2,(H2,24,25,26,27,28)/t14-,15-,16-/m1/s1. The number of carbonyl (C=O) groups excluding carboxylic acids is 1. The lowest BCUT2D eigenvalue weighted by Gasteiger charge is -2.25. The molecule has 0 bridgehead atoms. The molecule has 3 N–H and O–H groups in total. The Kier molecular flexibility index (Phi) is 5.01. The molecule has 31 heavy (non-hydrogen) atoms. The molecule has 1 saturated carbocycles. The predicted molar refractivity (Wildman–Crippen MR) is 108 cm³/mol. The van der Waals surface area contributed by atoms with Crippen LogP contribution in [0.5, 0.6) is 0 Å². The molecule has 2 aliphatic rings. The number of H-pyrrole nitrogens is 1. The van der Waals surface area contributed by atoms with Crippen molar-refractivity contribution in [2.75, 3.05) is 11.9 Å². The van der Waals surface area contributed by atoms with Gasteiger partial charge in [-0.05, 0) is 50.3 Å². The quantitative estimate of drug-likeness (QED) is 0.590. The highest BCUT2D eigenvalue weighted by molar-refractivity contribution is 6.07. The van der Waals surface area contributed by atoms with Gasteiger partial charge in [-0.25, -0.2) is 18.7 Å². The number of hydrogen-bond acceptors (Lipinski definition) is 6. The minimum atomic E-state index is -0.576. The Morgan fingerprint density at radius 3 is 2.87 bits per heavy atom. The average Bonchev–Trinajstić information content (AvgIpc) is 3.50. The predicted octanol–water partition coefficient (Wildman–Crippen LogP) is 2.93. The molecule has 10 heteroatoms. The van der Waals surface area contributed by atoms with E-state index < -0.39 is 29.7 Å². The third-order valence-corrected chi connectivity index (χ3v) is 6.19. The van der Waals surface area contributed by atoms with Crippen molar-refractivity contribution < 1.29 is 18.7 Å². The molecule has 3 heterocycles. The first-order valence-corrected chi connectivity index (χ1v) is 10.4. The number of aliphatic hydroxyl groups excluding tert-OH is 1. The van der Waals surface area contributed by atoms with Gasteiger partial charge in [0.25, 0.3) is 5.91 Å². The summed E-state index contributed by atoms with van der Waals surface area (Å²) in [4.78, 5) is 23.4. The summed E-state index contributed by atoms with van der Waals surface area (Å²) >= 11 is 0. The van der Waals surface area contributed by atoms with Crippen molar-refractivity contribution in [3.05, 3.63) is 47.4 Å². The van der Waals surface area contributed by atoms with E-state index in [9.17, 15) is 18.7 Å². The molecule has 0 spiro atoms. The molecule has 1 aromatic carbocycles. The van der Waals surface area contributed by atoms with Crippen molar-refractivity contribution in [3.63, 3.8) is 0 Å². The van der Waals surface area contributed by atoms with Crippen LogP contribution in [0.1, 0.15) is 54.2 Å². The first kappa shape index (κ1) is 19.8. The van der Waals surface area contributed by atoms with E-state index in [-0.39, 0.29) is 17.3 Å². The number of hydrogen-bond donors (Lipinski definition) is 3. The smallest absolute Gasteiger partial charge is 0.275 e. The summed E-state index contributed by atoms with van der Waals surface area (Å²) in [6.45, 7) is 0.408. The van der Waals surface area contributed by atoms with Crippen LogP contribution >= 0.6 is 0 Å². The number of aromatic amines is 1. The molecular weight excluding hydrogens is 406 g/mol. The second kappa shape index (κ2) is 7.84. The third-order valence-electron chi connectivity index (χ3n) is 6.19. The number of rotatable bonds is 4. The fourth-order valence-electron chi connectivity index (χ4n) is 4.65. The largest absolute Gasteiger partial charge is 0.391 e. The van der Waals surface area contributed by atoms with E-state index in [2.05, 4.69) is 25.5 Å². The van der Waals surface area contributed by atoms with E-state index in [1.807, 2.05) is 0 Å². The van der Waals surface area contributed by atoms with E-state index in [4.69, 9.17) is 0 Å². The highest BCUT2D eigenvalue weighted by Gasteiger charge is 2.35. The molecule has 1 aliphatic carbocycles. The number of nitrogens with one attached hydrogen (secondary N) is 2. The Bertz CT molecular complexity index is 1140. The van der Waals surface area contributed by atoms with Crippen LogP contribution in [-0.2, 0) is 0 Å². The van der Waals surface area contributed by atoms with Gasteiger partial charge in [0, 0.05) is 12.1 Å². The van der Waals surface area contributed by atoms with E-state index >= 15 is 0 Å². The third kappa shape index (κ3) is 3.50. The van der Waals surface area contributed by atoms with E-state index in [1.54, 1.807) is 0 Å². The van der Waals surface area contributed by atoms with Gasteiger partial charge in [0.05, 0.1) is 23.6 Å². The van der Waals surface area contributed by atoms with Crippen LogP contribution < -0.4 is 5.32 Å². The Morgan fingerprint density at radius 2 is 2.06 bits per heavy atom. The molecule has 3 aromatic rings. The zero-order valence-corrected chi connectivity index (χ0v) is 16.7. The number of nitrogens with zero attached hydrogens (tertiary/aromatic N) is 4. The van der Waals surface area contributed by atoms with E-state index in [0.29, 0.717) is 42.7 Å². The Balaban J connectivity index is 1.50. The first-order valence-electron chi connectivity index (χ1n) is 10.4. The van der Waals surface area contributed by atoms with Crippen LogP contribution in [0, 0.1) is 11.6 Å². The Labute approximate surface area is 176 Å². The van der Waals surface area contributed by atoms with Gasteiger partial charge in [-0.2, -0.15) is 5.10 Å². The number of fused-ring (bicyclic) bond motifs is 1. The summed E-state index contributed by atoms with van der Waals surface area (Å²) in [5.41, 5.74) is 0.671. The molecule has 1 saturated heterocycles. The number of aromatic nitrogens is 4. The summed E-state index contributed by atoms with van der Waals surface area (Å²) in [5, 5.41) is 20.7. The molecule has 1 aliphatic heterocycles. The number of carbonyl (C=O) groups is 1. The lowest BCUT2D eigenvalue weighted by molar-refractivity contribution is 0.0729. The zero-order chi connectivity index (χ0) is 21.5. The molecule has 8 nitrogen and oxygen atoms in total. The highest BCUT2D eigenvalue weighted by atomic mass is 19.1. The minimum absolute atomic E-state index is 0.120. The van der Waals surface area contributed by atoms with Gasteiger partial charge in [0.2, 0.25) is 0 Å². The van der Waals surface area contributed by atoms with Crippen LogP contribution in [0.15, 0.2) is 24.5 Å². The number of amides is 1. The number of aliphatic hydroxyl groups is 1. The van der Waals surface area contributed by atoms with Gasteiger partial charge >= 0.3 is 0 Å².